The van der Waals surface area contributed by atoms with Crippen LogP contribution in [0.4, 0.5) is 0 Å². The predicted molar refractivity (Wildman–Crippen MR) is 78.4 cm³/mol. The number of ether oxygens (including phenoxy) is 2. The number of aliphatic hydroxyl groups is 1. The summed E-state index contributed by atoms with van der Waals surface area (Å²) < 4.78 is 12.0. The van der Waals surface area contributed by atoms with Crippen LogP contribution in [-0.2, 0) is 15.3 Å². The van der Waals surface area contributed by atoms with Crippen LogP contribution in [0.15, 0.2) is 30.3 Å². The Morgan fingerprint density at radius 2 is 2.05 bits per heavy atom. The first-order chi connectivity index (χ1) is 9.68. The Kier molecular flexibility index (Phi) is 5.54. The van der Waals surface area contributed by atoms with Crippen LogP contribution in [0.2, 0.25) is 0 Å². The van der Waals surface area contributed by atoms with Crippen LogP contribution in [0.25, 0.3) is 0 Å². The minimum absolute atomic E-state index is 0.0540. The van der Waals surface area contributed by atoms with Crippen LogP contribution in [0.3, 0.4) is 0 Å². The summed E-state index contributed by atoms with van der Waals surface area (Å²) in [4.78, 5) is 2.23. The number of nitrogens with zero attached hydrogens (tertiary/aromatic N) is 1. The standard InChI is InChI=1S/C16H25NO3/c1-3-9-17(10-11-18)12-15-13-19-16(2,20-15)14-7-5-4-6-8-14/h4-8,15,18H,3,9-13H2,1-2H3. The van der Waals surface area contributed by atoms with Gasteiger partial charge in [0, 0.05) is 18.7 Å². The normalized spacial score (nSPS) is 26.3. The summed E-state index contributed by atoms with van der Waals surface area (Å²) in [6.45, 7) is 7.36. The van der Waals surface area contributed by atoms with Crippen molar-refractivity contribution in [1.82, 2.24) is 4.90 Å². The molecule has 1 aromatic rings. The maximum absolute atomic E-state index is 9.10. The highest BCUT2D eigenvalue weighted by Crippen LogP contribution is 2.33. The molecule has 1 aliphatic rings. The lowest BCUT2D eigenvalue weighted by atomic mass is 10.1. The second-order valence-corrected chi connectivity index (χ2v) is 5.39. The maximum Gasteiger partial charge on any atom is 0.192 e. The first kappa shape index (κ1) is 15.4. The number of aliphatic hydroxyl groups excluding tert-OH is 1. The molecule has 4 nitrogen and oxygen atoms in total. The molecule has 0 radical (unpaired) electrons. The minimum atomic E-state index is -0.650. The van der Waals surface area contributed by atoms with Gasteiger partial charge in [0.25, 0.3) is 0 Å². The van der Waals surface area contributed by atoms with Crippen molar-refractivity contribution in [3.63, 3.8) is 0 Å². The van der Waals surface area contributed by atoms with E-state index in [1.807, 2.05) is 37.3 Å². The molecule has 1 aromatic carbocycles. The molecule has 0 amide bonds. The van der Waals surface area contributed by atoms with Crippen LogP contribution < -0.4 is 0 Å². The Labute approximate surface area is 121 Å². The molecule has 1 aliphatic heterocycles. The second-order valence-electron chi connectivity index (χ2n) is 5.39. The molecule has 0 aliphatic carbocycles. The fourth-order valence-electron chi connectivity index (χ4n) is 2.66. The van der Waals surface area contributed by atoms with Crippen molar-refractivity contribution in [3.05, 3.63) is 35.9 Å². The SMILES string of the molecule is CCCN(CCO)CC1COC(C)(c2ccccc2)O1. The highest BCUT2D eigenvalue weighted by atomic mass is 16.7. The van der Waals surface area contributed by atoms with E-state index in [0.717, 1.165) is 25.1 Å². The molecule has 0 spiro atoms. The number of rotatable bonds is 7. The lowest BCUT2D eigenvalue weighted by Crippen LogP contribution is -2.37. The van der Waals surface area contributed by atoms with Gasteiger partial charge in [0.1, 0.15) is 0 Å². The van der Waals surface area contributed by atoms with Crippen molar-refractivity contribution in [2.24, 2.45) is 0 Å². The third-order valence-corrected chi connectivity index (χ3v) is 3.65. The van der Waals surface area contributed by atoms with Crippen molar-refractivity contribution >= 4 is 0 Å². The van der Waals surface area contributed by atoms with Crippen LogP contribution in [0.1, 0.15) is 25.8 Å². The smallest absolute Gasteiger partial charge is 0.192 e. The summed E-state index contributed by atoms with van der Waals surface area (Å²) in [5, 5.41) is 9.10. The monoisotopic (exact) mass is 279 g/mol. The Hall–Kier alpha value is -0.940. The topological polar surface area (TPSA) is 41.9 Å². The van der Waals surface area contributed by atoms with E-state index in [1.54, 1.807) is 0 Å². The lowest BCUT2D eigenvalue weighted by molar-refractivity contribution is -0.163. The van der Waals surface area contributed by atoms with Gasteiger partial charge in [-0.2, -0.15) is 0 Å². The first-order valence-corrected chi connectivity index (χ1v) is 7.38. The molecule has 0 bridgehead atoms. The number of hydrogen-bond acceptors (Lipinski definition) is 4. The van der Waals surface area contributed by atoms with E-state index in [-0.39, 0.29) is 12.7 Å². The van der Waals surface area contributed by atoms with Crippen LogP contribution >= 0.6 is 0 Å². The maximum atomic E-state index is 9.10. The van der Waals surface area contributed by atoms with E-state index in [2.05, 4.69) is 11.8 Å². The summed E-state index contributed by atoms with van der Waals surface area (Å²) in [7, 11) is 0. The fourth-order valence-corrected chi connectivity index (χ4v) is 2.66. The van der Waals surface area contributed by atoms with Gasteiger partial charge in [-0.25, -0.2) is 0 Å². The highest BCUT2D eigenvalue weighted by Gasteiger charge is 2.39. The average molecular weight is 279 g/mol. The molecule has 1 N–H and O–H groups in total. The Balaban J connectivity index is 1.94. The van der Waals surface area contributed by atoms with Crippen LogP contribution in [0.5, 0.6) is 0 Å². The van der Waals surface area contributed by atoms with E-state index in [1.165, 1.54) is 0 Å². The third-order valence-electron chi connectivity index (χ3n) is 3.65. The first-order valence-electron chi connectivity index (χ1n) is 7.38. The molecule has 2 unspecified atom stereocenters. The molecular weight excluding hydrogens is 254 g/mol. The Bertz CT molecular complexity index is 392. The van der Waals surface area contributed by atoms with Gasteiger partial charge in [0.2, 0.25) is 0 Å². The summed E-state index contributed by atoms with van der Waals surface area (Å²) in [6.07, 6.45) is 1.13. The molecule has 2 atom stereocenters. The molecule has 1 saturated heterocycles. The molecule has 112 valence electrons. The third kappa shape index (κ3) is 3.79. The van der Waals surface area contributed by atoms with Gasteiger partial charge in [0.05, 0.1) is 19.3 Å². The zero-order valence-corrected chi connectivity index (χ0v) is 12.4. The molecule has 0 aromatic heterocycles. The van der Waals surface area contributed by atoms with Gasteiger partial charge >= 0.3 is 0 Å². The summed E-state index contributed by atoms with van der Waals surface area (Å²) in [5.41, 5.74) is 1.05. The Morgan fingerprint density at radius 1 is 1.30 bits per heavy atom. The molecule has 1 heterocycles. The van der Waals surface area contributed by atoms with Gasteiger partial charge in [-0.1, -0.05) is 37.3 Å². The zero-order chi connectivity index (χ0) is 14.4. The molecule has 0 saturated carbocycles. The molecular formula is C16H25NO3. The van der Waals surface area contributed by atoms with Gasteiger partial charge in [-0.3, -0.25) is 4.90 Å². The quantitative estimate of drug-likeness (QED) is 0.828. The van der Waals surface area contributed by atoms with E-state index in [4.69, 9.17) is 14.6 Å². The number of benzene rings is 1. The predicted octanol–water partition coefficient (Wildman–Crippen LogP) is 1.98. The lowest BCUT2D eigenvalue weighted by Gasteiger charge is -2.26. The van der Waals surface area contributed by atoms with Gasteiger partial charge in [0.15, 0.2) is 5.79 Å². The fraction of sp³-hybridized carbons (Fsp3) is 0.625. The van der Waals surface area contributed by atoms with Crippen LogP contribution in [0, 0.1) is 0 Å². The van der Waals surface area contributed by atoms with Crippen molar-refractivity contribution < 1.29 is 14.6 Å². The van der Waals surface area contributed by atoms with Crippen molar-refractivity contribution in [3.8, 4) is 0 Å². The van der Waals surface area contributed by atoms with E-state index < -0.39 is 5.79 Å². The highest BCUT2D eigenvalue weighted by molar-refractivity contribution is 5.20. The van der Waals surface area contributed by atoms with Crippen molar-refractivity contribution in [2.75, 3.05) is 32.8 Å². The summed E-state index contributed by atoms with van der Waals surface area (Å²) >= 11 is 0. The number of hydrogen-bond donors (Lipinski definition) is 1. The van der Waals surface area contributed by atoms with Gasteiger partial charge < -0.3 is 14.6 Å². The summed E-state index contributed by atoms with van der Waals surface area (Å²) in [6, 6.07) is 10.0. The van der Waals surface area contributed by atoms with Gasteiger partial charge in [-0.05, 0) is 19.9 Å². The zero-order valence-electron chi connectivity index (χ0n) is 12.4. The molecule has 2 rings (SSSR count). The minimum Gasteiger partial charge on any atom is -0.395 e. The van der Waals surface area contributed by atoms with Gasteiger partial charge in [-0.15, -0.1) is 0 Å². The average Bonchev–Trinajstić information content (AvgIpc) is 2.83. The van der Waals surface area contributed by atoms with Crippen LogP contribution in [-0.4, -0.2) is 49.0 Å². The van der Waals surface area contributed by atoms with E-state index in [0.29, 0.717) is 13.2 Å². The molecule has 20 heavy (non-hydrogen) atoms. The van der Waals surface area contributed by atoms with Crippen molar-refractivity contribution in [1.29, 1.82) is 0 Å². The van der Waals surface area contributed by atoms with E-state index in [9.17, 15) is 0 Å². The Morgan fingerprint density at radius 3 is 2.70 bits per heavy atom. The van der Waals surface area contributed by atoms with E-state index >= 15 is 0 Å². The molecule has 4 heteroatoms. The summed E-state index contributed by atoms with van der Waals surface area (Å²) in [5.74, 6) is -0.650. The van der Waals surface area contributed by atoms with Crippen molar-refractivity contribution in [2.45, 2.75) is 32.2 Å². The second kappa shape index (κ2) is 7.18. The molecule has 1 fully saturated rings. The largest absolute Gasteiger partial charge is 0.395 e.